The molecule has 1 aromatic carbocycles. The van der Waals surface area contributed by atoms with Crippen molar-refractivity contribution in [3.05, 3.63) is 109 Å². The summed E-state index contributed by atoms with van der Waals surface area (Å²) in [5, 5.41) is 0. The third-order valence-electron chi connectivity index (χ3n) is 2.62. The van der Waals surface area contributed by atoms with Crippen LogP contribution in [-0.4, -0.2) is 0 Å². The van der Waals surface area contributed by atoms with E-state index in [0.29, 0.717) is 0 Å². The smallest absolute Gasteiger partial charge is 0.00882 e. The zero-order valence-electron chi connectivity index (χ0n) is 13.3. The second-order valence-electron chi connectivity index (χ2n) is 4.06. The summed E-state index contributed by atoms with van der Waals surface area (Å²) >= 11 is 0. The first-order valence-electron chi connectivity index (χ1n) is 7.29. The van der Waals surface area contributed by atoms with Crippen LogP contribution in [0.15, 0.2) is 104 Å². The minimum Gasteiger partial charge on any atom is -0.0991 e. The van der Waals surface area contributed by atoms with E-state index in [4.69, 9.17) is 0 Å². The van der Waals surface area contributed by atoms with Gasteiger partial charge in [-0.2, -0.15) is 0 Å². The standard InChI is InChI=1S/C19H20.C2H6/c1-4-6-11-17(3)19(14-7-5-2)16-15-18-12-9-8-10-13-18;1-2/h4-14,16H,1-3,15H2;1-2H3/b11-6-,14-7-,19-16+;. The third-order valence-corrected chi connectivity index (χ3v) is 2.62. The van der Waals surface area contributed by atoms with Crippen molar-refractivity contribution in [3.8, 4) is 0 Å². The van der Waals surface area contributed by atoms with Gasteiger partial charge < -0.3 is 0 Å². The van der Waals surface area contributed by atoms with Crippen LogP contribution >= 0.6 is 0 Å². The maximum absolute atomic E-state index is 4.07. The topological polar surface area (TPSA) is 0 Å². The van der Waals surface area contributed by atoms with Crippen molar-refractivity contribution in [1.29, 1.82) is 0 Å². The summed E-state index contributed by atoms with van der Waals surface area (Å²) in [5.41, 5.74) is 3.35. The SMILES string of the molecule is C=C/C=C\C(=C)C(/C=C\C=C)=C/Cc1ccccc1.CC. The largest absolute Gasteiger partial charge is 0.0991 e. The predicted molar refractivity (Wildman–Crippen MR) is 97.4 cm³/mol. The lowest BCUT2D eigenvalue weighted by Crippen LogP contribution is -1.85. The van der Waals surface area contributed by atoms with E-state index < -0.39 is 0 Å². The predicted octanol–water partition coefficient (Wildman–Crippen LogP) is 6.22. The van der Waals surface area contributed by atoms with Crippen LogP contribution in [0, 0.1) is 0 Å². The molecule has 1 rings (SSSR count). The zero-order chi connectivity index (χ0) is 15.9. The van der Waals surface area contributed by atoms with Crippen LogP contribution < -0.4 is 0 Å². The quantitative estimate of drug-likeness (QED) is 0.519. The van der Waals surface area contributed by atoms with Crippen molar-refractivity contribution in [1.82, 2.24) is 0 Å². The summed E-state index contributed by atoms with van der Waals surface area (Å²) in [6.07, 6.45) is 14.4. The zero-order valence-corrected chi connectivity index (χ0v) is 13.3. The van der Waals surface area contributed by atoms with Gasteiger partial charge in [-0.25, -0.2) is 0 Å². The maximum Gasteiger partial charge on any atom is -0.00882 e. The maximum atomic E-state index is 4.07. The molecule has 0 aliphatic heterocycles. The van der Waals surface area contributed by atoms with Crippen LogP contribution in [0.3, 0.4) is 0 Å². The van der Waals surface area contributed by atoms with E-state index in [2.05, 4.69) is 50.1 Å². The molecule has 0 saturated heterocycles. The fraction of sp³-hybridized carbons (Fsp3) is 0.143. The molecule has 0 amide bonds. The van der Waals surface area contributed by atoms with Gasteiger partial charge in [-0.3, -0.25) is 0 Å². The molecule has 21 heavy (non-hydrogen) atoms. The Hall–Kier alpha value is -2.34. The number of rotatable bonds is 7. The Morgan fingerprint density at radius 3 is 2.10 bits per heavy atom. The molecule has 0 atom stereocenters. The molecule has 0 unspecified atom stereocenters. The molecule has 0 heteroatoms. The van der Waals surface area contributed by atoms with Gasteiger partial charge in [0.25, 0.3) is 0 Å². The van der Waals surface area contributed by atoms with Crippen molar-refractivity contribution in [3.63, 3.8) is 0 Å². The number of hydrogen-bond donors (Lipinski definition) is 0. The van der Waals surface area contributed by atoms with Crippen molar-refractivity contribution >= 4 is 0 Å². The Bertz CT molecular complexity index is 510. The lowest BCUT2D eigenvalue weighted by Gasteiger charge is -2.02. The van der Waals surface area contributed by atoms with E-state index in [1.165, 1.54) is 5.56 Å². The van der Waals surface area contributed by atoms with Crippen LogP contribution in [0.2, 0.25) is 0 Å². The molecule has 0 aromatic heterocycles. The van der Waals surface area contributed by atoms with Gasteiger partial charge >= 0.3 is 0 Å². The van der Waals surface area contributed by atoms with Crippen molar-refractivity contribution < 1.29 is 0 Å². The van der Waals surface area contributed by atoms with Gasteiger partial charge in [0.05, 0.1) is 0 Å². The van der Waals surface area contributed by atoms with Crippen molar-refractivity contribution in [2.24, 2.45) is 0 Å². The summed E-state index contributed by atoms with van der Waals surface area (Å²) in [7, 11) is 0. The Morgan fingerprint density at radius 2 is 1.52 bits per heavy atom. The normalized spacial score (nSPS) is 11.0. The Kier molecular flexibility index (Phi) is 11.3. The third kappa shape index (κ3) is 8.43. The number of hydrogen-bond acceptors (Lipinski definition) is 0. The highest BCUT2D eigenvalue weighted by Gasteiger charge is 1.95. The molecule has 0 nitrogen and oxygen atoms in total. The Morgan fingerprint density at radius 1 is 0.952 bits per heavy atom. The monoisotopic (exact) mass is 278 g/mol. The molecule has 0 N–H and O–H groups in total. The molecule has 0 spiro atoms. The molecule has 0 radical (unpaired) electrons. The number of benzene rings is 1. The summed E-state index contributed by atoms with van der Waals surface area (Å²) < 4.78 is 0. The van der Waals surface area contributed by atoms with Gasteiger partial charge in [0.1, 0.15) is 0 Å². The van der Waals surface area contributed by atoms with Crippen LogP contribution in [0.4, 0.5) is 0 Å². The van der Waals surface area contributed by atoms with Crippen LogP contribution in [-0.2, 0) is 6.42 Å². The van der Waals surface area contributed by atoms with E-state index in [-0.39, 0.29) is 0 Å². The summed E-state index contributed by atoms with van der Waals surface area (Å²) in [5.74, 6) is 0. The first kappa shape index (κ1) is 18.7. The second kappa shape index (κ2) is 12.7. The minimum atomic E-state index is 0.888. The molecule has 0 aliphatic rings. The first-order valence-corrected chi connectivity index (χ1v) is 7.29. The Labute approximate surface area is 130 Å². The van der Waals surface area contributed by atoms with E-state index in [1.807, 2.05) is 44.2 Å². The summed E-state index contributed by atoms with van der Waals surface area (Å²) in [6, 6.07) is 10.4. The lowest BCUT2D eigenvalue weighted by molar-refractivity contribution is 1.25. The summed E-state index contributed by atoms with van der Waals surface area (Å²) in [4.78, 5) is 0. The average Bonchev–Trinajstić information content (AvgIpc) is 2.55. The van der Waals surface area contributed by atoms with Crippen molar-refractivity contribution in [2.75, 3.05) is 0 Å². The fourth-order valence-electron chi connectivity index (χ4n) is 1.60. The van der Waals surface area contributed by atoms with Crippen LogP contribution in [0.5, 0.6) is 0 Å². The van der Waals surface area contributed by atoms with E-state index in [1.54, 1.807) is 12.2 Å². The molecule has 0 aliphatic carbocycles. The summed E-state index contributed by atoms with van der Waals surface area (Å²) in [6.45, 7) is 15.4. The van der Waals surface area contributed by atoms with Crippen LogP contribution in [0.25, 0.3) is 0 Å². The van der Waals surface area contributed by atoms with Gasteiger partial charge in [0.15, 0.2) is 0 Å². The molecule has 0 bridgehead atoms. The van der Waals surface area contributed by atoms with E-state index in [0.717, 1.165) is 17.6 Å². The van der Waals surface area contributed by atoms with Gasteiger partial charge in [0, 0.05) is 0 Å². The van der Waals surface area contributed by atoms with Crippen molar-refractivity contribution in [2.45, 2.75) is 20.3 Å². The van der Waals surface area contributed by atoms with Gasteiger partial charge in [-0.15, -0.1) is 0 Å². The Balaban J connectivity index is 0.00000191. The number of allylic oxidation sites excluding steroid dienone is 9. The highest BCUT2D eigenvalue weighted by molar-refractivity contribution is 5.46. The fourth-order valence-corrected chi connectivity index (χ4v) is 1.60. The average molecular weight is 278 g/mol. The molecule has 0 fully saturated rings. The van der Waals surface area contributed by atoms with E-state index >= 15 is 0 Å². The van der Waals surface area contributed by atoms with Gasteiger partial charge in [-0.1, -0.05) is 106 Å². The van der Waals surface area contributed by atoms with Gasteiger partial charge in [-0.05, 0) is 23.1 Å². The highest BCUT2D eigenvalue weighted by atomic mass is 14.0. The highest BCUT2D eigenvalue weighted by Crippen LogP contribution is 2.13. The molecular weight excluding hydrogens is 252 g/mol. The van der Waals surface area contributed by atoms with Crippen LogP contribution in [0.1, 0.15) is 19.4 Å². The molecular formula is C21H26. The molecule has 110 valence electrons. The molecule has 0 saturated carbocycles. The van der Waals surface area contributed by atoms with E-state index in [9.17, 15) is 0 Å². The second-order valence-corrected chi connectivity index (χ2v) is 4.06. The van der Waals surface area contributed by atoms with Gasteiger partial charge in [0.2, 0.25) is 0 Å². The first-order chi connectivity index (χ1) is 10.3. The molecule has 0 heterocycles. The minimum absolute atomic E-state index is 0.888. The lowest BCUT2D eigenvalue weighted by atomic mass is 10.0. The molecule has 1 aromatic rings.